The highest BCUT2D eigenvalue weighted by Crippen LogP contribution is 2.22. The fourth-order valence-electron chi connectivity index (χ4n) is 3.25. The summed E-state index contributed by atoms with van der Waals surface area (Å²) in [6, 6.07) is 3.57. The number of benzene rings is 1. The summed E-state index contributed by atoms with van der Waals surface area (Å²) in [5, 5.41) is 5.33. The van der Waals surface area contributed by atoms with Crippen LogP contribution < -0.4 is 10.2 Å². The second-order valence-electron chi connectivity index (χ2n) is 6.30. The number of hydrogen-bond acceptors (Lipinski definition) is 4. The molecule has 28 heavy (non-hydrogen) atoms. The molecule has 0 radical (unpaired) electrons. The Labute approximate surface area is 182 Å². The number of piperazine rings is 1. The number of thiazole rings is 1. The van der Waals surface area contributed by atoms with Crippen molar-refractivity contribution in [3.63, 3.8) is 0 Å². The van der Waals surface area contributed by atoms with E-state index in [-0.39, 0.29) is 24.0 Å². The van der Waals surface area contributed by atoms with Gasteiger partial charge < -0.3 is 15.1 Å². The van der Waals surface area contributed by atoms with E-state index >= 15 is 0 Å². The predicted molar refractivity (Wildman–Crippen MR) is 119 cm³/mol. The molecular weight excluding hydrogens is 497 g/mol. The number of nitrogens with one attached hydrogen (secondary N) is 1. The molecular formula is C18H21F2IN6S. The Kier molecular flexibility index (Phi) is 6.70. The molecule has 3 aromatic rings. The average molecular weight is 518 g/mol. The lowest BCUT2D eigenvalue weighted by Gasteiger charge is -2.37. The third-order valence-corrected chi connectivity index (χ3v) is 5.38. The Balaban J connectivity index is 0.00000225. The molecule has 150 valence electrons. The van der Waals surface area contributed by atoms with Gasteiger partial charge in [0, 0.05) is 57.1 Å². The molecule has 6 nitrogen and oxygen atoms in total. The normalized spacial score (nSPS) is 15.0. The number of fused-ring (bicyclic) bond motifs is 1. The summed E-state index contributed by atoms with van der Waals surface area (Å²) in [6.45, 7) is 3.13. The van der Waals surface area contributed by atoms with Crippen molar-refractivity contribution < 1.29 is 8.78 Å². The second-order valence-corrected chi connectivity index (χ2v) is 7.17. The molecule has 1 aliphatic rings. The maximum atomic E-state index is 14.0. The Hall–Kier alpha value is -1.95. The summed E-state index contributed by atoms with van der Waals surface area (Å²) in [7, 11) is 1.74. The number of nitrogens with zero attached hydrogens (tertiary/aromatic N) is 5. The molecule has 0 bridgehead atoms. The first-order valence-corrected chi connectivity index (χ1v) is 9.58. The van der Waals surface area contributed by atoms with Gasteiger partial charge in [-0.05, 0) is 12.1 Å². The first kappa shape index (κ1) is 20.8. The molecule has 1 aliphatic heterocycles. The summed E-state index contributed by atoms with van der Waals surface area (Å²) >= 11 is 1.60. The molecule has 0 spiro atoms. The number of aromatic nitrogens is 2. The largest absolute Gasteiger partial charge is 0.366 e. The Morgan fingerprint density at radius 2 is 2.04 bits per heavy atom. The van der Waals surface area contributed by atoms with Gasteiger partial charge >= 0.3 is 0 Å². The molecule has 4 rings (SSSR count). The molecule has 10 heteroatoms. The lowest BCUT2D eigenvalue weighted by molar-refractivity contribution is 0.370. The van der Waals surface area contributed by atoms with E-state index in [4.69, 9.17) is 0 Å². The minimum atomic E-state index is -0.425. The van der Waals surface area contributed by atoms with Crippen LogP contribution in [0.15, 0.2) is 41.0 Å². The number of halogens is 3. The molecule has 0 amide bonds. The zero-order chi connectivity index (χ0) is 18.8. The maximum Gasteiger partial charge on any atom is 0.194 e. The first-order chi connectivity index (χ1) is 13.1. The lowest BCUT2D eigenvalue weighted by atomic mass is 10.2. The van der Waals surface area contributed by atoms with Crippen LogP contribution in [0.4, 0.5) is 14.5 Å². The van der Waals surface area contributed by atoms with Crippen molar-refractivity contribution in [1.82, 2.24) is 19.6 Å². The number of rotatable bonds is 3. The molecule has 1 saturated heterocycles. The van der Waals surface area contributed by atoms with Crippen LogP contribution in [0.3, 0.4) is 0 Å². The van der Waals surface area contributed by atoms with Gasteiger partial charge in [0.05, 0.1) is 17.9 Å². The summed E-state index contributed by atoms with van der Waals surface area (Å²) in [5.41, 5.74) is 1.26. The first-order valence-electron chi connectivity index (χ1n) is 8.71. The number of aliphatic imine (C=N–C) groups is 1. The van der Waals surface area contributed by atoms with Crippen molar-refractivity contribution in [3.8, 4) is 0 Å². The van der Waals surface area contributed by atoms with Gasteiger partial charge in [0.2, 0.25) is 0 Å². The van der Waals surface area contributed by atoms with Crippen LogP contribution >= 0.6 is 35.3 Å². The average Bonchev–Trinajstić information content (AvgIpc) is 3.26. The van der Waals surface area contributed by atoms with Crippen molar-refractivity contribution >= 4 is 51.9 Å². The smallest absolute Gasteiger partial charge is 0.194 e. The Morgan fingerprint density at radius 1 is 1.25 bits per heavy atom. The van der Waals surface area contributed by atoms with Crippen LogP contribution in [-0.2, 0) is 6.54 Å². The summed E-state index contributed by atoms with van der Waals surface area (Å²) in [4.78, 5) is 13.8. The van der Waals surface area contributed by atoms with Gasteiger partial charge in [-0.3, -0.25) is 9.39 Å². The van der Waals surface area contributed by atoms with E-state index in [9.17, 15) is 8.78 Å². The standard InChI is InChI=1S/C18H20F2N6S.HI/c1-21-17(22-11-14-12-26-8-9-27-18(26)23-14)25-6-4-24(5-7-25)16-10-13(19)2-3-15(16)20;/h2-3,8-10,12H,4-7,11H2,1H3,(H,21,22);1H. The highest BCUT2D eigenvalue weighted by Gasteiger charge is 2.22. The summed E-state index contributed by atoms with van der Waals surface area (Å²) in [5.74, 6) is -0.0379. The van der Waals surface area contributed by atoms with Crippen molar-refractivity contribution in [2.24, 2.45) is 4.99 Å². The van der Waals surface area contributed by atoms with Gasteiger partial charge in [-0.15, -0.1) is 35.3 Å². The molecule has 1 N–H and O–H groups in total. The van der Waals surface area contributed by atoms with E-state index in [1.54, 1.807) is 18.4 Å². The van der Waals surface area contributed by atoms with Gasteiger partial charge in [0.25, 0.3) is 0 Å². The van der Waals surface area contributed by atoms with Gasteiger partial charge in [-0.25, -0.2) is 13.8 Å². The number of hydrogen-bond donors (Lipinski definition) is 1. The third-order valence-electron chi connectivity index (χ3n) is 4.61. The Bertz CT molecular complexity index is 936. The molecule has 0 aliphatic carbocycles. The van der Waals surface area contributed by atoms with E-state index in [0.29, 0.717) is 38.4 Å². The topological polar surface area (TPSA) is 48.2 Å². The quantitative estimate of drug-likeness (QED) is 0.329. The minimum absolute atomic E-state index is 0. The molecule has 0 atom stereocenters. The number of guanidine groups is 1. The van der Waals surface area contributed by atoms with Crippen molar-refractivity contribution in [2.45, 2.75) is 6.54 Å². The van der Waals surface area contributed by atoms with Crippen LogP contribution in [0.5, 0.6) is 0 Å². The number of imidazole rings is 1. The van der Waals surface area contributed by atoms with Crippen LogP contribution in [-0.4, -0.2) is 53.5 Å². The molecule has 1 fully saturated rings. The van der Waals surface area contributed by atoms with E-state index in [2.05, 4.69) is 20.2 Å². The highest BCUT2D eigenvalue weighted by molar-refractivity contribution is 14.0. The Morgan fingerprint density at radius 3 is 2.75 bits per heavy atom. The van der Waals surface area contributed by atoms with Crippen LogP contribution in [0.2, 0.25) is 0 Å². The molecule has 0 saturated carbocycles. The maximum absolute atomic E-state index is 14.0. The van der Waals surface area contributed by atoms with Gasteiger partial charge in [-0.2, -0.15) is 0 Å². The van der Waals surface area contributed by atoms with Crippen LogP contribution in [0.1, 0.15) is 5.69 Å². The van der Waals surface area contributed by atoms with Crippen molar-refractivity contribution in [1.29, 1.82) is 0 Å². The van der Waals surface area contributed by atoms with E-state index < -0.39 is 11.6 Å². The zero-order valence-corrected chi connectivity index (χ0v) is 18.5. The molecule has 1 aromatic carbocycles. The summed E-state index contributed by atoms with van der Waals surface area (Å²) in [6.07, 6.45) is 3.98. The van der Waals surface area contributed by atoms with Gasteiger partial charge in [0.1, 0.15) is 11.6 Å². The monoisotopic (exact) mass is 518 g/mol. The summed E-state index contributed by atoms with van der Waals surface area (Å²) < 4.78 is 29.4. The van der Waals surface area contributed by atoms with E-state index in [1.807, 2.05) is 27.1 Å². The van der Waals surface area contributed by atoms with Gasteiger partial charge in [-0.1, -0.05) is 0 Å². The fourth-order valence-corrected chi connectivity index (χ4v) is 3.97. The van der Waals surface area contributed by atoms with E-state index in [1.165, 1.54) is 12.1 Å². The predicted octanol–water partition coefficient (Wildman–Crippen LogP) is 3.19. The van der Waals surface area contributed by atoms with Crippen LogP contribution in [0.25, 0.3) is 4.96 Å². The van der Waals surface area contributed by atoms with Crippen molar-refractivity contribution in [2.75, 3.05) is 38.1 Å². The van der Waals surface area contributed by atoms with Crippen LogP contribution in [0, 0.1) is 11.6 Å². The van der Waals surface area contributed by atoms with E-state index in [0.717, 1.165) is 22.7 Å². The highest BCUT2D eigenvalue weighted by atomic mass is 127. The molecule has 3 heterocycles. The molecule has 2 aromatic heterocycles. The second kappa shape index (κ2) is 9.03. The lowest BCUT2D eigenvalue weighted by Crippen LogP contribution is -2.52. The molecule has 0 unspecified atom stereocenters. The SMILES string of the molecule is CN=C(NCc1cn2ccsc2n1)N1CCN(c2cc(F)ccc2F)CC1.I. The number of anilines is 1. The van der Waals surface area contributed by atoms with Crippen molar-refractivity contribution in [3.05, 3.63) is 53.3 Å². The zero-order valence-electron chi connectivity index (χ0n) is 15.3. The minimum Gasteiger partial charge on any atom is -0.366 e. The third kappa shape index (κ3) is 4.37. The fraction of sp³-hybridized carbons (Fsp3) is 0.333. The van der Waals surface area contributed by atoms with Gasteiger partial charge in [0.15, 0.2) is 10.9 Å².